The van der Waals surface area contributed by atoms with E-state index in [9.17, 15) is 14.4 Å². The molecule has 3 rings (SSSR count). The molecule has 0 radical (unpaired) electrons. The molecular formula is C15H16N2O5. The maximum atomic E-state index is 12.3. The zero-order valence-electron chi connectivity index (χ0n) is 12.4. The number of fused-ring (bicyclic) bond motifs is 1. The number of carbonyl (C=O) groups is 3. The zero-order chi connectivity index (χ0) is 15.9. The van der Waals surface area contributed by atoms with Crippen LogP contribution < -0.4 is 9.47 Å². The minimum Gasteiger partial charge on any atom is -0.454 e. The van der Waals surface area contributed by atoms with Crippen molar-refractivity contribution in [3.8, 4) is 11.5 Å². The number of urea groups is 1. The fraction of sp³-hybridized carbons (Fsp3) is 0.400. The molecule has 2 aliphatic rings. The topological polar surface area (TPSA) is 76.2 Å². The highest BCUT2D eigenvalue weighted by atomic mass is 16.7. The molecule has 0 unspecified atom stereocenters. The Bertz CT molecular complexity index is 655. The molecule has 0 aromatic heterocycles. The molecule has 1 aromatic carbocycles. The van der Waals surface area contributed by atoms with Gasteiger partial charge in [-0.15, -0.1) is 0 Å². The molecule has 0 saturated carbocycles. The van der Waals surface area contributed by atoms with E-state index in [1.54, 1.807) is 18.2 Å². The predicted molar refractivity (Wildman–Crippen MR) is 75.1 cm³/mol. The first kappa shape index (κ1) is 14.4. The van der Waals surface area contributed by atoms with Crippen LogP contribution in [0.2, 0.25) is 0 Å². The zero-order valence-corrected chi connectivity index (χ0v) is 12.4. The van der Waals surface area contributed by atoms with Crippen LogP contribution >= 0.6 is 0 Å². The maximum Gasteiger partial charge on any atom is 0.334 e. The maximum absolute atomic E-state index is 12.3. The lowest BCUT2D eigenvalue weighted by molar-refractivity contribution is -0.143. The normalized spacial score (nSPS) is 17.1. The molecule has 7 nitrogen and oxygen atoms in total. The number of rotatable bonds is 4. The third-order valence-corrected chi connectivity index (χ3v) is 3.46. The molecule has 116 valence electrons. The Morgan fingerprint density at radius 2 is 1.73 bits per heavy atom. The van der Waals surface area contributed by atoms with E-state index in [-0.39, 0.29) is 25.8 Å². The SMILES string of the molecule is CC(C)CN1C(=O)C(=O)N(Cc2ccc3c(c2)OCO3)C1=O. The van der Waals surface area contributed by atoms with Gasteiger partial charge in [0.2, 0.25) is 6.79 Å². The minimum absolute atomic E-state index is 0.0364. The summed E-state index contributed by atoms with van der Waals surface area (Å²) in [6.07, 6.45) is 0. The molecule has 1 aromatic rings. The van der Waals surface area contributed by atoms with Gasteiger partial charge in [0, 0.05) is 6.54 Å². The molecule has 2 aliphatic heterocycles. The van der Waals surface area contributed by atoms with Crippen molar-refractivity contribution in [3.63, 3.8) is 0 Å². The third-order valence-electron chi connectivity index (χ3n) is 3.46. The van der Waals surface area contributed by atoms with Crippen LogP contribution in [0.1, 0.15) is 19.4 Å². The summed E-state index contributed by atoms with van der Waals surface area (Å²) in [5, 5.41) is 0. The lowest BCUT2D eigenvalue weighted by atomic mass is 10.2. The van der Waals surface area contributed by atoms with E-state index in [0.717, 1.165) is 9.80 Å². The van der Waals surface area contributed by atoms with Crippen molar-refractivity contribution < 1.29 is 23.9 Å². The Morgan fingerprint density at radius 3 is 2.45 bits per heavy atom. The summed E-state index contributed by atoms with van der Waals surface area (Å²) < 4.78 is 10.5. The van der Waals surface area contributed by atoms with Crippen molar-refractivity contribution in [2.24, 2.45) is 5.92 Å². The van der Waals surface area contributed by atoms with Crippen molar-refractivity contribution in [2.75, 3.05) is 13.3 Å². The van der Waals surface area contributed by atoms with E-state index in [1.807, 2.05) is 13.8 Å². The van der Waals surface area contributed by atoms with Crippen LogP contribution in [0.3, 0.4) is 0 Å². The number of hydrogen-bond donors (Lipinski definition) is 0. The summed E-state index contributed by atoms with van der Waals surface area (Å²) in [6, 6.07) is 4.60. The average molecular weight is 304 g/mol. The quantitative estimate of drug-likeness (QED) is 0.620. The molecule has 0 spiro atoms. The number of carbonyl (C=O) groups excluding carboxylic acids is 3. The smallest absolute Gasteiger partial charge is 0.334 e. The lowest BCUT2D eigenvalue weighted by Gasteiger charge is -2.17. The molecule has 0 aliphatic carbocycles. The molecule has 4 amide bonds. The van der Waals surface area contributed by atoms with Gasteiger partial charge in [0.25, 0.3) is 0 Å². The van der Waals surface area contributed by atoms with Gasteiger partial charge in [0.1, 0.15) is 0 Å². The number of nitrogens with zero attached hydrogens (tertiary/aromatic N) is 2. The fourth-order valence-electron chi connectivity index (χ4n) is 2.44. The van der Waals surface area contributed by atoms with E-state index < -0.39 is 17.8 Å². The molecule has 22 heavy (non-hydrogen) atoms. The van der Waals surface area contributed by atoms with Gasteiger partial charge in [0.15, 0.2) is 11.5 Å². The third kappa shape index (κ3) is 2.38. The largest absolute Gasteiger partial charge is 0.454 e. The summed E-state index contributed by atoms with van der Waals surface area (Å²) >= 11 is 0. The molecule has 1 saturated heterocycles. The number of imide groups is 2. The van der Waals surface area contributed by atoms with Crippen molar-refractivity contribution in [1.82, 2.24) is 9.80 Å². The molecule has 0 bridgehead atoms. The second-order valence-electron chi connectivity index (χ2n) is 5.67. The Morgan fingerprint density at radius 1 is 1.05 bits per heavy atom. The average Bonchev–Trinajstić information content (AvgIpc) is 3.01. The Hall–Kier alpha value is -2.57. The first-order valence-corrected chi connectivity index (χ1v) is 7.03. The second-order valence-corrected chi connectivity index (χ2v) is 5.67. The number of hydrogen-bond acceptors (Lipinski definition) is 5. The van der Waals surface area contributed by atoms with Gasteiger partial charge in [0.05, 0.1) is 6.54 Å². The van der Waals surface area contributed by atoms with E-state index in [0.29, 0.717) is 17.1 Å². The Labute approximate surface area is 127 Å². The van der Waals surface area contributed by atoms with Crippen LogP contribution in [-0.4, -0.2) is 41.0 Å². The monoisotopic (exact) mass is 304 g/mol. The summed E-state index contributed by atoms with van der Waals surface area (Å²) in [6.45, 7) is 4.19. The van der Waals surface area contributed by atoms with Gasteiger partial charge in [-0.2, -0.15) is 0 Å². The Balaban J connectivity index is 1.79. The molecular weight excluding hydrogens is 288 g/mol. The predicted octanol–water partition coefficient (Wildman–Crippen LogP) is 1.36. The standard InChI is InChI=1S/C15H16N2O5/c1-9(2)6-16-13(18)14(19)17(15(16)20)7-10-3-4-11-12(5-10)22-8-21-11/h3-5,9H,6-8H2,1-2H3. The summed E-state index contributed by atoms with van der Waals surface area (Å²) in [7, 11) is 0. The van der Waals surface area contributed by atoms with E-state index >= 15 is 0 Å². The molecule has 2 heterocycles. The first-order chi connectivity index (χ1) is 10.5. The molecule has 0 N–H and O–H groups in total. The summed E-state index contributed by atoms with van der Waals surface area (Å²) in [5.74, 6) is -0.253. The highest BCUT2D eigenvalue weighted by Gasteiger charge is 2.44. The van der Waals surface area contributed by atoms with Crippen molar-refractivity contribution >= 4 is 17.8 Å². The number of amides is 4. The van der Waals surface area contributed by atoms with E-state index in [4.69, 9.17) is 9.47 Å². The summed E-state index contributed by atoms with van der Waals surface area (Å²) in [4.78, 5) is 38.1. The van der Waals surface area contributed by atoms with Crippen LogP contribution in [0.4, 0.5) is 4.79 Å². The van der Waals surface area contributed by atoms with Crippen LogP contribution in [-0.2, 0) is 16.1 Å². The summed E-state index contributed by atoms with van der Waals surface area (Å²) in [5.41, 5.74) is 0.699. The molecule has 0 atom stereocenters. The first-order valence-electron chi connectivity index (χ1n) is 7.03. The van der Waals surface area contributed by atoms with Crippen LogP contribution in [0.25, 0.3) is 0 Å². The highest BCUT2D eigenvalue weighted by Crippen LogP contribution is 2.33. The fourth-order valence-corrected chi connectivity index (χ4v) is 2.44. The van der Waals surface area contributed by atoms with Crippen LogP contribution in [0, 0.1) is 5.92 Å². The van der Waals surface area contributed by atoms with Crippen LogP contribution in [0.15, 0.2) is 18.2 Å². The number of ether oxygens (including phenoxy) is 2. The van der Waals surface area contributed by atoms with E-state index in [1.165, 1.54) is 0 Å². The van der Waals surface area contributed by atoms with Gasteiger partial charge >= 0.3 is 17.8 Å². The molecule has 1 fully saturated rings. The second kappa shape index (κ2) is 5.32. The van der Waals surface area contributed by atoms with Gasteiger partial charge in [-0.3, -0.25) is 19.4 Å². The highest BCUT2D eigenvalue weighted by molar-refractivity contribution is 6.44. The number of benzene rings is 1. The minimum atomic E-state index is -0.789. The van der Waals surface area contributed by atoms with Crippen molar-refractivity contribution in [1.29, 1.82) is 0 Å². The van der Waals surface area contributed by atoms with Crippen molar-refractivity contribution in [2.45, 2.75) is 20.4 Å². The van der Waals surface area contributed by atoms with Crippen LogP contribution in [0.5, 0.6) is 11.5 Å². The van der Waals surface area contributed by atoms with Gasteiger partial charge < -0.3 is 9.47 Å². The van der Waals surface area contributed by atoms with E-state index in [2.05, 4.69) is 0 Å². The van der Waals surface area contributed by atoms with Gasteiger partial charge in [-0.05, 0) is 23.6 Å². The van der Waals surface area contributed by atoms with Crippen molar-refractivity contribution in [3.05, 3.63) is 23.8 Å². The lowest BCUT2D eigenvalue weighted by Crippen LogP contribution is -2.35. The molecule has 7 heteroatoms. The van der Waals surface area contributed by atoms with Gasteiger partial charge in [-0.25, -0.2) is 4.79 Å². The van der Waals surface area contributed by atoms with Gasteiger partial charge in [-0.1, -0.05) is 19.9 Å². The Kier molecular flexibility index (Phi) is 3.48.